The van der Waals surface area contributed by atoms with Gasteiger partial charge in [0.2, 0.25) is 5.91 Å². The summed E-state index contributed by atoms with van der Waals surface area (Å²) in [5.74, 6) is 1.44. The molecule has 0 radical (unpaired) electrons. The summed E-state index contributed by atoms with van der Waals surface area (Å²) in [4.78, 5) is 16.0. The fourth-order valence-electron chi connectivity index (χ4n) is 2.28. The van der Waals surface area contributed by atoms with Crippen LogP contribution < -0.4 is 0 Å². The largest absolute Gasteiger partial charge is 0.345 e. The lowest BCUT2D eigenvalue weighted by atomic mass is 9.88. The lowest BCUT2D eigenvalue weighted by Gasteiger charge is -2.35. The van der Waals surface area contributed by atoms with E-state index < -0.39 is 0 Å². The highest BCUT2D eigenvalue weighted by atomic mass is 32.2. The number of likely N-dealkylation sites (tertiary alicyclic amines) is 1. The minimum atomic E-state index is 0.216. The van der Waals surface area contributed by atoms with E-state index in [1.54, 1.807) is 11.8 Å². The summed E-state index contributed by atoms with van der Waals surface area (Å²) in [5.41, 5.74) is 0.216. The third-order valence-corrected chi connectivity index (χ3v) is 4.52. The van der Waals surface area contributed by atoms with E-state index in [0.717, 1.165) is 13.1 Å². The van der Waals surface area contributed by atoms with E-state index in [-0.39, 0.29) is 11.4 Å². The molecule has 94 valence electrons. The van der Waals surface area contributed by atoms with E-state index in [4.69, 9.17) is 0 Å². The standard InChI is InChI=1S/C12H24N2OS/c1-12(2)10(6-7-14(12)4)8-13(3)11(15)9-16-5/h10H,6-9H2,1-5H3. The Morgan fingerprint density at radius 2 is 2.19 bits per heavy atom. The summed E-state index contributed by atoms with van der Waals surface area (Å²) < 4.78 is 0. The average Bonchev–Trinajstić information content (AvgIpc) is 2.45. The average molecular weight is 244 g/mol. The Kier molecular flexibility index (Phi) is 4.68. The number of nitrogens with zero attached hydrogens (tertiary/aromatic N) is 2. The molecule has 1 unspecified atom stereocenters. The highest BCUT2D eigenvalue weighted by molar-refractivity contribution is 7.99. The fraction of sp³-hybridized carbons (Fsp3) is 0.917. The molecular formula is C12H24N2OS. The van der Waals surface area contributed by atoms with Gasteiger partial charge < -0.3 is 9.80 Å². The fourth-order valence-corrected chi connectivity index (χ4v) is 2.75. The molecule has 1 saturated heterocycles. The van der Waals surface area contributed by atoms with E-state index in [2.05, 4.69) is 25.8 Å². The molecule has 0 spiro atoms. The van der Waals surface area contributed by atoms with Gasteiger partial charge in [0.1, 0.15) is 0 Å². The van der Waals surface area contributed by atoms with Crippen LogP contribution in [0.4, 0.5) is 0 Å². The second-order valence-corrected chi connectivity index (χ2v) is 6.13. The Morgan fingerprint density at radius 1 is 1.56 bits per heavy atom. The molecule has 1 aliphatic rings. The first kappa shape index (κ1) is 13.8. The van der Waals surface area contributed by atoms with E-state index in [1.807, 2.05) is 18.2 Å². The maximum absolute atomic E-state index is 11.7. The van der Waals surface area contributed by atoms with Crippen LogP contribution in [-0.4, -0.2) is 60.4 Å². The van der Waals surface area contributed by atoms with Gasteiger partial charge in [0, 0.05) is 19.1 Å². The van der Waals surface area contributed by atoms with Crippen LogP contribution in [0.15, 0.2) is 0 Å². The van der Waals surface area contributed by atoms with Crippen molar-refractivity contribution in [2.24, 2.45) is 5.92 Å². The molecule has 4 heteroatoms. The lowest BCUT2D eigenvalue weighted by molar-refractivity contribution is -0.127. The van der Waals surface area contributed by atoms with E-state index in [0.29, 0.717) is 11.7 Å². The number of carbonyl (C=O) groups excluding carboxylic acids is 1. The van der Waals surface area contributed by atoms with Crippen LogP contribution in [0.3, 0.4) is 0 Å². The lowest BCUT2D eigenvalue weighted by Crippen LogP contribution is -2.45. The van der Waals surface area contributed by atoms with E-state index in [1.165, 1.54) is 6.42 Å². The molecule has 0 aromatic rings. The Labute approximate surface area is 104 Å². The molecule has 0 saturated carbocycles. The summed E-state index contributed by atoms with van der Waals surface area (Å²) in [5, 5.41) is 0. The second-order valence-electron chi connectivity index (χ2n) is 5.27. The predicted molar refractivity (Wildman–Crippen MR) is 70.8 cm³/mol. The molecular weight excluding hydrogens is 220 g/mol. The minimum absolute atomic E-state index is 0.216. The zero-order valence-electron chi connectivity index (χ0n) is 11.1. The van der Waals surface area contributed by atoms with Crippen LogP contribution in [0.25, 0.3) is 0 Å². The third kappa shape index (κ3) is 2.92. The Bertz CT molecular complexity index is 255. The number of hydrogen-bond donors (Lipinski definition) is 0. The van der Waals surface area contributed by atoms with Crippen LogP contribution in [0.2, 0.25) is 0 Å². The Balaban J connectivity index is 2.52. The minimum Gasteiger partial charge on any atom is -0.345 e. The van der Waals surface area contributed by atoms with Gasteiger partial charge in [-0.25, -0.2) is 0 Å². The first-order valence-electron chi connectivity index (χ1n) is 5.83. The van der Waals surface area contributed by atoms with Gasteiger partial charge in [-0.05, 0) is 46.0 Å². The topological polar surface area (TPSA) is 23.6 Å². The van der Waals surface area contributed by atoms with Gasteiger partial charge in [-0.2, -0.15) is 11.8 Å². The van der Waals surface area contributed by atoms with Gasteiger partial charge in [0.15, 0.2) is 0 Å². The zero-order chi connectivity index (χ0) is 12.3. The molecule has 1 amide bonds. The van der Waals surface area contributed by atoms with Crippen molar-refractivity contribution >= 4 is 17.7 Å². The van der Waals surface area contributed by atoms with Crippen molar-refractivity contribution in [1.82, 2.24) is 9.80 Å². The van der Waals surface area contributed by atoms with Crippen molar-refractivity contribution in [2.45, 2.75) is 25.8 Å². The molecule has 0 aromatic heterocycles. The highest BCUT2D eigenvalue weighted by Gasteiger charge is 2.39. The van der Waals surface area contributed by atoms with Crippen LogP contribution in [0, 0.1) is 5.92 Å². The summed E-state index contributed by atoms with van der Waals surface area (Å²) in [7, 11) is 4.09. The zero-order valence-corrected chi connectivity index (χ0v) is 11.9. The predicted octanol–water partition coefficient (Wildman–Crippen LogP) is 1.54. The molecule has 0 aromatic carbocycles. The first-order valence-corrected chi connectivity index (χ1v) is 7.23. The van der Waals surface area contributed by atoms with Gasteiger partial charge in [-0.1, -0.05) is 0 Å². The summed E-state index contributed by atoms with van der Waals surface area (Å²) >= 11 is 1.59. The molecule has 0 bridgehead atoms. The van der Waals surface area contributed by atoms with Crippen LogP contribution >= 0.6 is 11.8 Å². The number of thioether (sulfide) groups is 1. The van der Waals surface area contributed by atoms with Crippen LogP contribution in [0.1, 0.15) is 20.3 Å². The summed E-state index contributed by atoms with van der Waals surface area (Å²) in [6, 6.07) is 0. The normalized spacial score (nSPS) is 24.7. The molecule has 3 nitrogen and oxygen atoms in total. The number of amides is 1. The first-order chi connectivity index (χ1) is 7.39. The van der Waals surface area contributed by atoms with Gasteiger partial charge in [-0.15, -0.1) is 0 Å². The molecule has 0 N–H and O–H groups in total. The van der Waals surface area contributed by atoms with Gasteiger partial charge in [0.25, 0.3) is 0 Å². The molecule has 16 heavy (non-hydrogen) atoms. The van der Waals surface area contributed by atoms with Crippen molar-refractivity contribution in [3.05, 3.63) is 0 Å². The molecule has 1 atom stereocenters. The maximum atomic E-state index is 11.7. The van der Waals surface area contributed by atoms with Crippen molar-refractivity contribution in [3.63, 3.8) is 0 Å². The van der Waals surface area contributed by atoms with Crippen molar-refractivity contribution in [2.75, 3.05) is 39.2 Å². The number of hydrogen-bond acceptors (Lipinski definition) is 3. The summed E-state index contributed by atoms with van der Waals surface area (Å²) in [6.45, 7) is 6.58. The SMILES string of the molecule is CSCC(=O)N(C)CC1CCN(C)C1(C)C. The van der Waals surface area contributed by atoms with Crippen molar-refractivity contribution in [3.8, 4) is 0 Å². The molecule has 0 aliphatic carbocycles. The second kappa shape index (κ2) is 5.41. The Hall–Kier alpha value is -0.220. The maximum Gasteiger partial charge on any atom is 0.232 e. The van der Waals surface area contributed by atoms with Gasteiger partial charge in [-0.3, -0.25) is 4.79 Å². The smallest absolute Gasteiger partial charge is 0.232 e. The van der Waals surface area contributed by atoms with Crippen molar-refractivity contribution in [1.29, 1.82) is 0 Å². The van der Waals surface area contributed by atoms with E-state index in [9.17, 15) is 4.79 Å². The van der Waals surface area contributed by atoms with Gasteiger partial charge >= 0.3 is 0 Å². The van der Waals surface area contributed by atoms with Crippen LogP contribution in [0.5, 0.6) is 0 Å². The van der Waals surface area contributed by atoms with Crippen molar-refractivity contribution < 1.29 is 4.79 Å². The third-order valence-electron chi connectivity index (χ3n) is 3.98. The van der Waals surface area contributed by atoms with E-state index >= 15 is 0 Å². The number of rotatable bonds is 4. The van der Waals surface area contributed by atoms with Gasteiger partial charge in [0.05, 0.1) is 5.75 Å². The molecule has 1 fully saturated rings. The number of carbonyl (C=O) groups is 1. The molecule has 1 aliphatic heterocycles. The molecule has 1 rings (SSSR count). The molecule has 1 heterocycles. The van der Waals surface area contributed by atoms with Crippen LogP contribution in [-0.2, 0) is 4.79 Å². The summed E-state index contributed by atoms with van der Waals surface area (Å²) in [6.07, 6.45) is 3.17. The quantitative estimate of drug-likeness (QED) is 0.749. The monoisotopic (exact) mass is 244 g/mol. The Morgan fingerprint density at radius 3 is 2.62 bits per heavy atom. The highest BCUT2D eigenvalue weighted by Crippen LogP contribution is 2.33.